The van der Waals surface area contributed by atoms with Crippen LogP contribution in [-0.2, 0) is 20.9 Å². The van der Waals surface area contributed by atoms with E-state index < -0.39 is 30.1 Å². The van der Waals surface area contributed by atoms with Gasteiger partial charge in [0.1, 0.15) is 0 Å². The highest BCUT2D eigenvalue weighted by molar-refractivity contribution is 5.96. The first-order valence-electron chi connectivity index (χ1n) is 9.48. The number of para-hydroxylation sites is 2. The number of carbonyl (C=O) groups is 3. The molecule has 2 N–H and O–H groups in total. The van der Waals surface area contributed by atoms with Crippen molar-refractivity contribution in [2.75, 3.05) is 20.8 Å². The summed E-state index contributed by atoms with van der Waals surface area (Å²) in [4.78, 5) is 47.8. The minimum Gasteiger partial charge on any atom is -0.493 e. The summed E-state index contributed by atoms with van der Waals surface area (Å²) in [7, 11) is 2.90. The van der Waals surface area contributed by atoms with Gasteiger partial charge in [0.05, 0.1) is 26.2 Å². The highest BCUT2D eigenvalue weighted by atomic mass is 16.5. The zero-order valence-corrected chi connectivity index (χ0v) is 17.4. The van der Waals surface area contributed by atoms with Crippen molar-refractivity contribution < 1.29 is 33.0 Å². The van der Waals surface area contributed by atoms with Crippen LogP contribution < -0.4 is 26.1 Å². The van der Waals surface area contributed by atoms with E-state index in [1.54, 1.807) is 30.3 Å². The van der Waals surface area contributed by atoms with Crippen molar-refractivity contribution in [3.8, 4) is 11.5 Å². The van der Waals surface area contributed by atoms with Crippen LogP contribution in [0.15, 0.2) is 51.7 Å². The normalized spacial score (nSPS) is 10.4. The lowest BCUT2D eigenvalue weighted by molar-refractivity contribution is -0.148. The molecular weight excluding hydrogens is 422 g/mol. The second-order valence-electron chi connectivity index (χ2n) is 6.47. The number of hydrazine groups is 1. The molecule has 2 aromatic carbocycles. The third kappa shape index (κ3) is 5.25. The van der Waals surface area contributed by atoms with Crippen molar-refractivity contribution >= 4 is 28.9 Å². The van der Waals surface area contributed by atoms with Gasteiger partial charge in [0, 0.05) is 12.1 Å². The lowest BCUT2D eigenvalue weighted by Crippen LogP contribution is -2.43. The summed E-state index contributed by atoms with van der Waals surface area (Å²) < 4.78 is 21.5. The van der Waals surface area contributed by atoms with Gasteiger partial charge in [0.2, 0.25) is 0 Å². The highest BCUT2D eigenvalue weighted by Gasteiger charge is 2.14. The molecule has 0 radical (unpaired) electrons. The summed E-state index contributed by atoms with van der Waals surface area (Å²) in [6.07, 6.45) is -0.144. The van der Waals surface area contributed by atoms with Crippen LogP contribution in [0.5, 0.6) is 11.5 Å². The molecule has 1 heterocycles. The van der Waals surface area contributed by atoms with Crippen LogP contribution in [0.4, 0.5) is 0 Å². The van der Waals surface area contributed by atoms with Gasteiger partial charge < -0.3 is 18.6 Å². The number of rotatable bonds is 8. The smallest absolute Gasteiger partial charge is 0.419 e. The fourth-order valence-corrected chi connectivity index (χ4v) is 2.86. The maximum atomic E-state index is 12.2. The molecule has 0 saturated heterocycles. The Morgan fingerprint density at radius 1 is 1.00 bits per heavy atom. The average molecular weight is 443 g/mol. The average Bonchev–Trinajstić information content (AvgIpc) is 3.13. The summed E-state index contributed by atoms with van der Waals surface area (Å²) in [5.74, 6) is -1.82. The molecule has 1 aromatic heterocycles. The predicted molar refractivity (Wildman–Crippen MR) is 111 cm³/mol. The van der Waals surface area contributed by atoms with Gasteiger partial charge in [0.25, 0.3) is 11.8 Å². The number of aromatic nitrogens is 1. The summed E-state index contributed by atoms with van der Waals surface area (Å²) in [6, 6.07) is 11.3. The van der Waals surface area contributed by atoms with E-state index in [0.717, 1.165) is 0 Å². The number of amides is 2. The van der Waals surface area contributed by atoms with Gasteiger partial charge in [-0.25, -0.2) is 4.79 Å². The van der Waals surface area contributed by atoms with E-state index in [-0.39, 0.29) is 18.5 Å². The molecule has 0 aliphatic heterocycles. The van der Waals surface area contributed by atoms with E-state index in [1.807, 2.05) is 0 Å². The van der Waals surface area contributed by atoms with E-state index in [4.69, 9.17) is 18.6 Å². The molecule has 0 fully saturated rings. The summed E-state index contributed by atoms with van der Waals surface area (Å²) in [6.45, 7) is -0.571. The number of nitrogens with one attached hydrogen (secondary N) is 2. The lowest BCUT2D eigenvalue weighted by Gasteiger charge is -2.11. The number of methoxy groups -OCH3 is 2. The Morgan fingerprint density at radius 3 is 2.50 bits per heavy atom. The largest absolute Gasteiger partial charge is 0.493 e. The van der Waals surface area contributed by atoms with Gasteiger partial charge >= 0.3 is 11.7 Å². The molecule has 0 spiro atoms. The highest BCUT2D eigenvalue weighted by Crippen LogP contribution is 2.27. The first kappa shape index (κ1) is 22.4. The number of hydrogen-bond donors (Lipinski definition) is 2. The maximum absolute atomic E-state index is 12.2. The van der Waals surface area contributed by atoms with Gasteiger partial charge in [0.15, 0.2) is 23.7 Å². The molecular formula is C21H21N3O8. The first-order valence-corrected chi connectivity index (χ1v) is 9.48. The van der Waals surface area contributed by atoms with Crippen LogP contribution >= 0.6 is 0 Å². The number of carbonyl (C=O) groups excluding carboxylic acids is 3. The number of fused-ring (bicyclic) bond motifs is 1. The summed E-state index contributed by atoms with van der Waals surface area (Å²) >= 11 is 0. The summed E-state index contributed by atoms with van der Waals surface area (Å²) in [5, 5.41) is 0. The zero-order chi connectivity index (χ0) is 23.1. The van der Waals surface area contributed by atoms with Gasteiger partial charge in [-0.05, 0) is 30.3 Å². The van der Waals surface area contributed by atoms with Crippen molar-refractivity contribution in [1.29, 1.82) is 0 Å². The lowest BCUT2D eigenvalue weighted by atomic mass is 10.2. The molecule has 2 amide bonds. The maximum Gasteiger partial charge on any atom is 0.419 e. The monoisotopic (exact) mass is 443 g/mol. The Labute approximate surface area is 181 Å². The SMILES string of the molecule is COc1ccc(C(=O)NNC(=O)COC(=O)CCn2c(=O)oc3ccccc32)cc1OC. The number of benzene rings is 2. The van der Waals surface area contributed by atoms with Crippen LogP contribution in [0.25, 0.3) is 11.1 Å². The Balaban J connectivity index is 1.44. The van der Waals surface area contributed by atoms with Crippen molar-refractivity contribution in [2.24, 2.45) is 0 Å². The molecule has 0 aliphatic carbocycles. The van der Waals surface area contributed by atoms with E-state index in [2.05, 4.69) is 10.9 Å². The zero-order valence-electron chi connectivity index (χ0n) is 17.4. The third-order valence-electron chi connectivity index (χ3n) is 4.44. The molecule has 3 rings (SSSR count). The number of hydrogen-bond acceptors (Lipinski definition) is 8. The first-order chi connectivity index (χ1) is 15.4. The Morgan fingerprint density at radius 2 is 1.75 bits per heavy atom. The topological polar surface area (TPSA) is 138 Å². The van der Waals surface area contributed by atoms with Crippen LogP contribution in [0.1, 0.15) is 16.8 Å². The van der Waals surface area contributed by atoms with E-state index in [9.17, 15) is 19.2 Å². The summed E-state index contributed by atoms with van der Waals surface area (Å²) in [5.41, 5.74) is 5.55. The van der Waals surface area contributed by atoms with Crippen molar-refractivity contribution in [1.82, 2.24) is 15.4 Å². The molecule has 168 valence electrons. The van der Waals surface area contributed by atoms with Crippen molar-refractivity contribution in [3.05, 3.63) is 58.6 Å². The second kappa shape index (κ2) is 10.2. The van der Waals surface area contributed by atoms with Gasteiger partial charge in [-0.1, -0.05) is 12.1 Å². The van der Waals surface area contributed by atoms with E-state index >= 15 is 0 Å². The van der Waals surface area contributed by atoms with Crippen molar-refractivity contribution in [2.45, 2.75) is 13.0 Å². The fourth-order valence-electron chi connectivity index (χ4n) is 2.86. The molecule has 0 saturated carbocycles. The van der Waals surface area contributed by atoms with Crippen LogP contribution in [-0.4, -0.2) is 43.2 Å². The molecule has 0 atom stereocenters. The Hall–Kier alpha value is -4.28. The standard InChI is InChI=1S/C21H21N3O8/c1-29-16-8-7-13(11-17(16)30-2)20(27)23-22-18(25)12-31-19(26)9-10-24-14-5-3-4-6-15(14)32-21(24)28/h3-8,11H,9-10,12H2,1-2H3,(H,22,25)(H,23,27). The molecule has 0 bridgehead atoms. The number of ether oxygens (including phenoxy) is 3. The quantitative estimate of drug-likeness (QED) is 0.389. The molecule has 3 aromatic rings. The van der Waals surface area contributed by atoms with Crippen molar-refractivity contribution in [3.63, 3.8) is 0 Å². The van der Waals surface area contributed by atoms with Crippen LogP contribution in [0.3, 0.4) is 0 Å². The number of aryl methyl sites for hydroxylation is 1. The molecule has 0 unspecified atom stereocenters. The molecule has 11 nitrogen and oxygen atoms in total. The Kier molecular flexibility index (Phi) is 7.11. The van der Waals surface area contributed by atoms with Gasteiger partial charge in [-0.2, -0.15) is 0 Å². The molecule has 0 aliphatic rings. The van der Waals surface area contributed by atoms with Gasteiger partial charge in [-0.15, -0.1) is 0 Å². The fraction of sp³-hybridized carbons (Fsp3) is 0.238. The van der Waals surface area contributed by atoms with E-state index in [1.165, 1.54) is 30.9 Å². The number of esters is 1. The second-order valence-corrected chi connectivity index (χ2v) is 6.47. The predicted octanol–water partition coefficient (Wildman–Crippen LogP) is 1.01. The minimum absolute atomic E-state index is 0.0341. The number of oxazole rings is 1. The van der Waals surface area contributed by atoms with E-state index in [0.29, 0.717) is 22.6 Å². The number of nitrogens with zero attached hydrogens (tertiary/aromatic N) is 1. The van der Waals surface area contributed by atoms with Gasteiger partial charge in [-0.3, -0.25) is 29.8 Å². The van der Waals surface area contributed by atoms with Crippen LogP contribution in [0, 0.1) is 0 Å². The molecule has 11 heteroatoms. The van der Waals surface area contributed by atoms with Crippen LogP contribution in [0.2, 0.25) is 0 Å². The Bertz CT molecular complexity index is 1200. The molecule has 32 heavy (non-hydrogen) atoms. The minimum atomic E-state index is -0.738. The third-order valence-corrected chi connectivity index (χ3v) is 4.44.